The van der Waals surface area contributed by atoms with Gasteiger partial charge in [-0.3, -0.25) is 0 Å². The Bertz CT molecular complexity index is 379. The Labute approximate surface area is 115 Å². The molecule has 1 fully saturated rings. The van der Waals surface area contributed by atoms with Crippen LogP contribution < -0.4 is 10.2 Å². The highest BCUT2D eigenvalue weighted by Gasteiger charge is 2.19. The molecular weight excluding hydrogens is 240 g/mol. The molecule has 19 heavy (non-hydrogen) atoms. The lowest BCUT2D eigenvalue weighted by molar-refractivity contribution is 0.204. The molecule has 106 valence electrons. The summed E-state index contributed by atoms with van der Waals surface area (Å²) in [4.78, 5) is 11.0. The van der Waals surface area contributed by atoms with Crippen molar-refractivity contribution in [3.05, 3.63) is 18.1 Å². The van der Waals surface area contributed by atoms with E-state index in [0.717, 1.165) is 44.2 Å². The van der Waals surface area contributed by atoms with Crippen LogP contribution in [-0.4, -0.2) is 49.4 Å². The third-order valence-electron chi connectivity index (χ3n) is 3.56. The summed E-state index contributed by atoms with van der Waals surface area (Å²) in [6, 6.07) is 2.65. The number of nitrogens with zero attached hydrogens (tertiary/aromatic N) is 3. The number of hydrogen-bond acceptors (Lipinski definition) is 5. The zero-order valence-corrected chi connectivity index (χ0v) is 11.9. The van der Waals surface area contributed by atoms with Crippen molar-refractivity contribution in [3.63, 3.8) is 0 Å². The average molecular weight is 264 g/mol. The molecule has 2 rings (SSSR count). The lowest BCUT2D eigenvalue weighted by Crippen LogP contribution is -2.39. The Morgan fingerprint density at radius 3 is 3.05 bits per heavy atom. The Kier molecular flexibility index (Phi) is 5.54. The average Bonchev–Trinajstić information content (AvgIpc) is 2.96. The molecule has 0 amide bonds. The van der Waals surface area contributed by atoms with Crippen LogP contribution in [0.2, 0.25) is 0 Å². The van der Waals surface area contributed by atoms with E-state index in [1.807, 2.05) is 0 Å². The molecule has 1 N–H and O–H groups in total. The normalized spacial score (nSPS) is 18.7. The van der Waals surface area contributed by atoms with Crippen molar-refractivity contribution < 1.29 is 4.74 Å². The maximum Gasteiger partial charge on any atom is 0.132 e. The summed E-state index contributed by atoms with van der Waals surface area (Å²) in [5.74, 6) is 1.01. The molecule has 1 atom stereocenters. The van der Waals surface area contributed by atoms with E-state index < -0.39 is 0 Å². The van der Waals surface area contributed by atoms with E-state index in [0.29, 0.717) is 6.04 Å². The van der Waals surface area contributed by atoms with Crippen LogP contribution in [0, 0.1) is 0 Å². The van der Waals surface area contributed by atoms with Gasteiger partial charge in [-0.15, -0.1) is 0 Å². The van der Waals surface area contributed by atoms with E-state index in [1.165, 1.54) is 12.8 Å². The van der Waals surface area contributed by atoms with Crippen molar-refractivity contribution in [1.82, 2.24) is 15.3 Å². The second kappa shape index (κ2) is 7.40. The van der Waals surface area contributed by atoms with Crippen molar-refractivity contribution >= 4 is 5.82 Å². The second-order valence-corrected chi connectivity index (χ2v) is 4.95. The van der Waals surface area contributed by atoms with Gasteiger partial charge in [-0.1, -0.05) is 6.92 Å². The maximum absolute atomic E-state index is 5.21. The number of ether oxygens (including phenoxy) is 1. The minimum absolute atomic E-state index is 0.567. The first-order chi connectivity index (χ1) is 9.33. The molecule has 0 bridgehead atoms. The van der Waals surface area contributed by atoms with E-state index in [-0.39, 0.29) is 0 Å². The van der Waals surface area contributed by atoms with Crippen molar-refractivity contribution in [3.8, 4) is 0 Å². The maximum atomic E-state index is 5.21. The van der Waals surface area contributed by atoms with Gasteiger partial charge in [0, 0.05) is 38.0 Å². The van der Waals surface area contributed by atoms with Gasteiger partial charge in [0.05, 0.1) is 6.61 Å². The van der Waals surface area contributed by atoms with Crippen LogP contribution in [0.3, 0.4) is 0 Å². The quantitative estimate of drug-likeness (QED) is 0.803. The molecule has 1 aromatic heterocycles. The standard InChI is InChI=1S/C14H24N4O/c1-3-12-9-14(17-11-16-12)18(7-8-19-2)10-13-5-4-6-15-13/h9,11,13,15H,3-8,10H2,1-2H3. The number of hydrogen-bond donors (Lipinski definition) is 1. The summed E-state index contributed by atoms with van der Waals surface area (Å²) in [5, 5.41) is 3.54. The third-order valence-corrected chi connectivity index (χ3v) is 3.56. The van der Waals surface area contributed by atoms with E-state index in [4.69, 9.17) is 4.74 Å². The van der Waals surface area contributed by atoms with Gasteiger partial charge >= 0.3 is 0 Å². The van der Waals surface area contributed by atoms with Crippen molar-refractivity contribution in [2.45, 2.75) is 32.2 Å². The van der Waals surface area contributed by atoms with Gasteiger partial charge in [0.1, 0.15) is 12.1 Å². The minimum atomic E-state index is 0.567. The van der Waals surface area contributed by atoms with Crippen LogP contribution in [0.15, 0.2) is 12.4 Å². The molecule has 0 saturated carbocycles. The predicted molar refractivity (Wildman–Crippen MR) is 76.5 cm³/mol. The molecule has 0 aliphatic carbocycles. The van der Waals surface area contributed by atoms with Crippen LogP contribution >= 0.6 is 0 Å². The Morgan fingerprint density at radius 2 is 2.37 bits per heavy atom. The molecule has 1 saturated heterocycles. The molecule has 1 aromatic rings. The summed E-state index contributed by atoms with van der Waals surface area (Å²) in [7, 11) is 1.74. The minimum Gasteiger partial charge on any atom is -0.383 e. The Balaban J connectivity index is 2.05. The fourth-order valence-electron chi connectivity index (χ4n) is 2.43. The van der Waals surface area contributed by atoms with Crippen molar-refractivity contribution in [2.24, 2.45) is 0 Å². The fraction of sp³-hybridized carbons (Fsp3) is 0.714. The SMILES string of the molecule is CCc1cc(N(CCOC)CC2CCCN2)ncn1. The number of methoxy groups -OCH3 is 1. The molecule has 1 aliphatic heterocycles. The van der Waals surface area contributed by atoms with Gasteiger partial charge in [-0.25, -0.2) is 9.97 Å². The Morgan fingerprint density at radius 1 is 1.47 bits per heavy atom. The molecular formula is C14H24N4O. The fourth-order valence-corrected chi connectivity index (χ4v) is 2.43. The highest BCUT2D eigenvalue weighted by atomic mass is 16.5. The van der Waals surface area contributed by atoms with Crippen LogP contribution in [0.5, 0.6) is 0 Å². The zero-order chi connectivity index (χ0) is 13.5. The smallest absolute Gasteiger partial charge is 0.132 e. The topological polar surface area (TPSA) is 50.3 Å². The monoisotopic (exact) mass is 264 g/mol. The molecule has 1 unspecified atom stereocenters. The third kappa shape index (κ3) is 4.14. The number of rotatable bonds is 7. The molecule has 5 heteroatoms. The first-order valence-corrected chi connectivity index (χ1v) is 7.11. The van der Waals surface area contributed by atoms with E-state index in [1.54, 1.807) is 13.4 Å². The summed E-state index contributed by atoms with van der Waals surface area (Å²) in [5.41, 5.74) is 1.09. The first-order valence-electron chi connectivity index (χ1n) is 7.11. The number of aromatic nitrogens is 2. The molecule has 2 heterocycles. The molecule has 1 aliphatic rings. The molecule has 0 radical (unpaired) electrons. The Hall–Kier alpha value is -1.20. The van der Waals surface area contributed by atoms with Gasteiger partial charge in [0.25, 0.3) is 0 Å². The lowest BCUT2D eigenvalue weighted by atomic mass is 10.2. The highest BCUT2D eigenvalue weighted by Crippen LogP contribution is 2.15. The van der Waals surface area contributed by atoms with Gasteiger partial charge < -0.3 is 15.0 Å². The number of nitrogens with one attached hydrogen (secondary N) is 1. The van der Waals surface area contributed by atoms with Crippen LogP contribution in [0.1, 0.15) is 25.5 Å². The van der Waals surface area contributed by atoms with E-state index >= 15 is 0 Å². The summed E-state index contributed by atoms with van der Waals surface area (Å²) in [6.45, 7) is 5.83. The van der Waals surface area contributed by atoms with Crippen LogP contribution in [0.25, 0.3) is 0 Å². The molecule has 0 spiro atoms. The van der Waals surface area contributed by atoms with Gasteiger partial charge in [0.15, 0.2) is 0 Å². The van der Waals surface area contributed by atoms with Crippen molar-refractivity contribution in [2.75, 3.05) is 38.3 Å². The van der Waals surface area contributed by atoms with Gasteiger partial charge in [-0.05, 0) is 25.8 Å². The van der Waals surface area contributed by atoms with Crippen LogP contribution in [-0.2, 0) is 11.2 Å². The summed E-state index contributed by atoms with van der Waals surface area (Å²) in [6.07, 6.45) is 5.12. The first kappa shape index (κ1) is 14.2. The predicted octanol–water partition coefficient (Wildman–Crippen LogP) is 1.24. The number of aryl methyl sites for hydroxylation is 1. The molecule has 0 aromatic carbocycles. The largest absolute Gasteiger partial charge is 0.383 e. The van der Waals surface area contributed by atoms with E-state index in [9.17, 15) is 0 Å². The molecule has 5 nitrogen and oxygen atoms in total. The second-order valence-electron chi connectivity index (χ2n) is 4.95. The van der Waals surface area contributed by atoms with E-state index in [2.05, 4.69) is 33.2 Å². The lowest BCUT2D eigenvalue weighted by Gasteiger charge is -2.26. The van der Waals surface area contributed by atoms with Crippen LogP contribution in [0.4, 0.5) is 5.82 Å². The summed E-state index contributed by atoms with van der Waals surface area (Å²) >= 11 is 0. The summed E-state index contributed by atoms with van der Waals surface area (Å²) < 4.78 is 5.21. The van der Waals surface area contributed by atoms with Gasteiger partial charge in [-0.2, -0.15) is 0 Å². The highest BCUT2D eigenvalue weighted by molar-refractivity contribution is 5.39. The van der Waals surface area contributed by atoms with Crippen molar-refractivity contribution in [1.29, 1.82) is 0 Å². The van der Waals surface area contributed by atoms with Gasteiger partial charge in [0.2, 0.25) is 0 Å². The zero-order valence-electron chi connectivity index (χ0n) is 11.9. The number of anilines is 1.